The summed E-state index contributed by atoms with van der Waals surface area (Å²) >= 11 is 0. The minimum atomic E-state index is -4.77. The number of anilines is 1. The van der Waals surface area contributed by atoms with Crippen LogP contribution in [0.3, 0.4) is 0 Å². The molecule has 1 fully saturated rings. The van der Waals surface area contributed by atoms with E-state index in [1.807, 2.05) is 0 Å². The van der Waals surface area contributed by atoms with Crippen LogP contribution in [0.4, 0.5) is 36.4 Å². The number of sulfone groups is 1. The molecule has 0 N–H and O–H groups in total. The van der Waals surface area contributed by atoms with Gasteiger partial charge in [-0.15, -0.1) is 0 Å². The van der Waals surface area contributed by atoms with Crippen LogP contribution in [0.1, 0.15) is 37.8 Å². The highest BCUT2D eigenvalue weighted by molar-refractivity contribution is 7.92. The summed E-state index contributed by atoms with van der Waals surface area (Å²) in [5.41, 5.74) is -2.72. The Morgan fingerprint density at radius 2 is 1.50 bits per heavy atom. The number of hydrogen-bond acceptors (Lipinski definition) is 3. The van der Waals surface area contributed by atoms with E-state index in [4.69, 9.17) is 0 Å². The van der Waals surface area contributed by atoms with Gasteiger partial charge in [0.05, 0.1) is 26.5 Å². The van der Waals surface area contributed by atoms with Crippen LogP contribution < -0.4 is 4.90 Å². The molecule has 0 aliphatic carbocycles. The van der Waals surface area contributed by atoms with Gasteiger partial charge < -0.3 is 4.90 Å². The van der Waals surface area contributed by atoms with Crippen LogP contribution in [0.5, 0.6) is 0 Å². The Labute approximate surface area is 191 Å². The molecule has 34 heavy (non-hydrogen) atoms. The maximum absolute atomic E-state index is 14.3. The number of benzene rings is 2. The van der Waals surface area contributed by atoms with Crippen LogP contribution in [0.25, 0.3) is 0 Å². The molecule has 3 rings (SSSR count). The molecule has 1 amide bonds. The molecule has 0 spiro atoms. The van der Waals surface area contributed by atoms with E-state index in [9.17, 15) is 43.9 Å². The van der Waals surface area contributed by atoms with E-state index in [1.54, 1.807) is 0 Å². The zero-order valence-electron chi connectivity index (χ0n) is 18.0. The number of hydrogen-bond donors (Lipinski definition) is 0. The van der Waals surface area contributed by atoms with E-state index in [-0.39, 0.29) is 31.1 Å². The Hall–Kier alpha value is -2.63. The number of nitrogens with zero attached hydrogens (tertiary/aromatic N) is 1. The molecular formula is C22H20F7NO3S. The average Bonchev–Trinajstić information content (AvgIpc) is 2.72. The maximum Gasteiger partial charge on any atom is 0.416 e. The third-order valence-electron chi connectivity index (χ3n) is 6.14. The largest absolute Gasteiger partial charge is 0.416 e. The monoisotopic (exact) mass is 511 g/mol. The number of carbonyl (C=O) groups excluding carboxylic acids is 1. The van der Waals surface area contributed by atoms with Crippen LogP contribution in [0.2, 0.25) is 0 Å². The second-order valence-corrected chi connectivity index (χ2v) is 11.1. The fourth-order valence-electron chi connectivity index (χ4n) is 3.95. The Balaban J connectivity index is 1.85. The van der Waals surface area contributed by atoms with Gasteiger partial charge in [0, 0.05) is 13.0 Å². The minimum absolute atomic E-state index is 0.0391. The van der Waals surface area contributed by atoms with E-state index in [0.717, 1.165) is 29.2 Å². The van der Waals surface area contributed by atoms with E-state index in [2.05, 4.69) is 0 Å². The van der Waals surface area contributed by atoms with Crippen molar-refractivity contribution in [3.8, 4) is 0 Å². The lowest BCUT2D eigenvalue weighted by Gasteiger charge is -2.39. The van der Waals surface area contributed by atoms with Crippen LogP contribution in [-0.4, -0.2) is 25.6 Å². The second-order valence-electron chi connectivity index (χ2n) is 8.53. The molecule has 0 saturated carbocycles. The highest BCUT2D eigenvalue weighted by atomic mass is 32.2. The van der Waals surface area contributed by atoms with Gasteiger partial charge in [-0.25, -0.2) is 12.8 Å². The van der Waals surface area contributed by atoms with Crippen molar-refractivity contribution >= 4 is 21.4 Å². The lowest BCUT2D eigenvalue weighted by molar-refractivity contribution is -0.138. The van der Waals surface area contributed by atoms with Gasteiger partial charge in [-0.1, -0.05) is 6.07 Å². The normalized spacial score (nSPS) is 18.3. The van der Waals surface area contributed by atoms with E-state index in [1.165, 1.54) is 13.8 Å². The standard InChI is InChI=1S/C22H20F7NO3S/c1-20(2,34(32,33)16-5-3-4-14(10-16)21(24,25)26)13-8-9-30(19(31)12-13)18-7-6-15(11-17(18)23)22(27,28)29/h3-7,10-11,13H,8-9,12H2,1-2H3/t13-/m1/s1. The van der Waals surface area contributed by atoms with E-state index < -0.39 is 60.6 Å². The lowest BCUT2D eigenvalue weighted by Crippen LogP contribution is -2.49. The van der Waals surface area contributed by atoms with Gasteiger partial charge in [0.2, 0.25) is 5.91 Å². The predicted molar refractivity (Wildman–Crippen MR) is 109 cm³/mol. The molecule has 1 aliphatic heterocycles. The minimum Gasteiger partial charge on any atom is -0.310 e. The SMILES string of the molecule is CC(C)([C@@H]1CCN(c2ccc(C(F)(F)F)cc2F)C(=O)C1)S(=O)(=O)c1cccc(C(F)(F)F)c1. The van der Waals surface area contributed by atoms with E-state index in [0.29, 0.717) is 12.1 Å². The van der Waals surface area contributed by atoms with Gasteiger partial charge in [-0.3, -0.25) is 4.79 Å². The fraction of sp³-hybridized carbons (Fsp3) is 0.409. The molecule has 186 valence electrons. The topological polar surface area (TPSA) is 54.5 Å². The zero-order chi connectivity index (χ0) is 25.7. The van der Waals surface area contributed by atoms with Crippen LogP contribution >= 0.6 is 0 Å². The molecule has 1 saturated heterocycles. The molecule has 0 bridgehead atoms. The molecule has 12 heteroatoms. The van der Waals surface area contributed by atoms with Crippen molar-refractivity contribution in [2.75, 3.05) is 11.4 Å². The van der Waals surface area contributed by atoms with Crippen molar-refractivity contribution in [3.63, 3.8) is 0 Å². The first-order chi connectivity index (χ1) is 15.5. The third-order valence-corrected chi connectivity index (χ3v) is 8.73. The van der Waals surface area contributed by atoms with Crippen molar-refractivity contribution < 1.29 is 43.9 Å². The maximum atomic E-state index is 14.3. The Bertz CT molecular complexity index is 1200. The Morgan fingerprint density at radius 1 is 0.912 bits per heavy atom. The van der Waals surface area contributed by atoms with Gasteiger partial charge in [-0.2, -0.15) is 26.3 Å². The van der Waals surface area contributed by atoms with Crippen molar-refractivity contribution in [3.05, 3.63) is 59.4 Å². The second kappa shape index (κ2) is 8.54. The first-order valence-electron chi connectivity index (χ1n) is 10.1. The molecule has 0 radical (unpaired) electrons. The molecule has 2 aromatic carbocycles. The van der Waals surface area contributed by atoms with Gasteiger partial charge in [0.15, 0.2) is 9.84 Å². The number of alkyl halides is 6. The first kappa shape index (κ1) is 26.0. The van der Waals surface area contributed by atoms with Crippen molar-refractivity contribution in [1.29, 1.82) is 0 Å². The molecule has 1 atom stereocenters. The molecule has 1 heterocycles. The third kappa shape index (κ3) is 4.77. The van der Waals surface area contributed by atoms with Crippen molar-refractivity contribution in [2.24, 2.45) is 5.92 Å². The van der Waals surface area contributed by atoms with Crippen molar-refractivity contribution in [1.82, 2.24) is 0 Å². The van der Waals surface area contributed by atoms with Gasteiger partial charge in [-0.05, 0) is 62.6 Å². The number of amides is 1. The highest BCUT2D eigenvalue weighted by Crippen LogP contribution is 2.41. The van der Waals surface area contributed by atoms with Crippen LogP contribution in [-0.2, 0) is 27.0 Å². The molecule has 0 unspecified atom stereocenters. The summed E-state index contributed by atoms with van der Waals surface area (Å²) in [6, 6.07) is 5.05. The Morgan fingerprint density at radius 3 is 2.03 bits per heavy atom. The number of carbonyl (C=O) groups is 1. The molecule has 0 aromatic heterocycles. The fourth-order valence-corrected chi connectivity index (χ4v) is 5.73. The summed E-state index contributed by atoms with van der Waals surface area (Å²) in [5.74, 6) is -2.78. The smallest absolute Gasteiger partial charge is 0.310 e. The summed E-state index contributed by atoms with van der Waals surface area (Å²) < 4.78 is 117. The molecule has 2 aromatic rings. The van der Waals surface area contributed by atoms with Crippen LogP contribution in [0, 0.1) is 11.7 Å². The zero-order valence-corrected chi connectivity index (χ0v) is 18.8. The lowest BCUT2D eigenvalue weighted by atomic mass is 9.85. The predicted octanol–water partition coefficient (Wildman–Crippen LogP) is 5.86. The number of halogens is 7. The molecule has 4 nitrogen and oxygen atoms in total. The molecule has 1 aliphatic rings. The summed E-state index contributed by atoms with van der Waals surface area (Å²) in [4.78, 5) is 13.1. The van der Waals surface area contributed by atoms with Gasteiger partial charge in [0.25, 0.3) is 0 Å². The van der Waals surface area contributed by atoms with Crippen LogP contribution in [0.15, 0.2) is 47.4 Å². The summed E-state index contributed by atoms with van der Waals surface area (Å²) in [5, 5.41) is 0. The number of rotatable bonds is 4. The van der Waals surface area contributed by atoms with Gasteiger partial charge >= 0.3 is 12.4 Å². The summed E-state index contributed by atoms with van der Waals surface area (Å²) in [6.45, 7) is 2.43. The average molecular weight is 511 g/mol. The molecular weight excluding hydrogens is 491 g/mol. The quantitative estimate of drug-likeness (QED) is 0.484. The van der Waals surface area contributed by atoms with Gasteiger partial charge in [0.1, 0.15) is 5.82 Å². The summed E-state index contributed by atoms with van der Waals surface area (Å²) in [7, 11) is -4.33. The summed E-state index contributed by atoms with van der Waals surface area (Å²) in [6.07, 6.45) is -9.86. The van der Waals surface area contributed by atoms with E-state index >= 15 is 0 Å². The first-order valence-corrected chi connectivity index (χ1v) is 11.5. The number of piperidine rings is 1. The highest BCUT2D eigenvalue weighted by Gasteiger charge is 2.46. The van der Waals surface area contributed by atoms with Crippen molar-refractivity contribution in [2.45, 2.75) is 48.7 Å². The Kier molecular flexibility index (Phi) is 6.53.